The Morgan fingerprint density at radius 2 is 1.17 bits per heavy atom. The zero-order chi connectivity index (χ0) is 21.2. The summed E-state index contributed by atoms with van der Waals surface area (Å²) in [4.78, 5) is 0.0856. The van der Waals surface area contributed by atoms with E-state index in [1.807, 2.05) is 20.8 Å². The molecular formula is C21H26O6S2. The quantitative estimate of drug-likeness (QED) is 0.634. The van der Waals surface area contributed by atoms with Gasteiger partial charge in [0.05, 0.1) is 9.79 Å². The first kappa shape index (κ1) is 22.0. The highest BCUT2D eigenvalue weighted by molar-refractivity contribution is 7.87. The van der Waals surface area contributed by atoms with E-state index in [0.717, 1.165) is 24.0 Å². The van der Waals surface area contributed by atoms with Gasteiger partial charge in [-0.2, -0.15) is 16.8 Å². The minimum Gasteiger partial charge on any atom is -0.260 e. The van der Waals surface area contributed by atoms with Crippen LogP contribution in [0.25, 0.3) is 0 Å². The molecule has 0 spiro atoms. The molecule has 3 unspecified atom stereocenters. The summed E-state index contributed by atoms with van der Waals surface area (Å²) in [5, 5.41) is 0. The molecule has 1 aliphatic carbocycles. The third-order valence-corrected chi connectivity index (χ3v) is 7.86. The number of benzene rings is 2. The Morgan fingerprint density at radius 3 is 1.66 bits per heavy atom. The molecule has 1 aliphatic rings. The lowest BCUT2D eigenvalue weighted by molar-refractivity contribution is -0.00183. The Labute approximate surface area is 173 Å². The topological polar surface area (TPSA) is 86.7 Å². The van der Waals surface area contributed by atoms with Gasteiger partial charge in [-0.15, -0.1) is 0 Å². The molecule has 1 saturated carbocycles. The Hall–Kier alpha value is -1.74. The van der Waals surface area contributed by atoms with Crippen LogP contribution >= 0.6 is 0 Å². The van der Waals surface area contributed by atoms with Crippen LogP contribution < -0.4 is 0 Å². The van der Waals surface area contributed by atoms with Gasteiger partial charge < -0.3 is 0 Å². The zero-order valence-electron chi connectivity index (χ0n) is 16.7. The highest BCUT2D eigenvalue weighted by Gasteiger charge is 2.39. The van der Waals surface area contributed by atoms with E-state index >= 15 is 0 Å². The molecule has 3 rings (SSSR count). The summed E-state index contributed by atoms with van der Waals surface area (Å²) in [5.74, 6) is -0.165. The normalized spacial score (nSPS) is 23.1. The third-order valence-electron chi connectivity index (χ3n) is 5.18. The van der Waals surface area contributed by atoms with Gasteiger partial charge in [0, 0.05) is 0 Å². The van der Waals surface area contributed by atoms with Crippen LogP contribution in [0.5, 0.6) is 0 Å². The first-order valence-corrected chi connectivity index (χ1v) is 12.4. The van der Waals surface area contributed by atoms with Gasteiger partial charge in [0.25, 0.3) is 20.2 Å². The van der Waals surface area contributed by atoms with E-state index in [2.05, 4.69) is 0 Å². The second-order valence-corrected chi connectivity index (χ2v) is 10.8. The average Bonchev–Trinajstić information content (AvgIpc) is 2.65. The molecule has 0 N–H and O–H groups in total. The standard InChI is InChI=1S/C21H26O6S2/c1-15-7-11-18(12-8-15)28(22,23)26-20-6-4-5-17(3)21(20)27-29(24,25)19-13-9-16(2)10-14-19/h7-14,17,20-21H,4-6H2,1-3H3. The van der Waals surface area contributed by atoms with Crippen molar-refractivity contribution in [3.63, 3.8) is 0 Å². The summed E-state index contributed by atoms with van der Waals surface area (Å²) >= 11 is 0. The Morgan fingerprint density at radius 1 is 0.724 bits per heavy atom. The molecule has 2 aromatic carbocycles. The molecule has 0 radical (unpaired) electrons. The predicted octanol–water partition coefficient (Wildman–Crippen LogP) is 3.97. The summed E-state index contributed by atoms with van der Waals surface area (Å²) < 4.78 is 61.9. The van der Waals surface area contributed by atoms with E-state index in [1.165, 1.54) is 24.3 Å². The minimum absolute atomic E-state index is 0.0426. The fourth-order valence-corrected chi connectivity index (χ4v) is 5.72. The Kier molecular flexibility index (Phi) is 6.48. The minimum atomic E-state index is -4.04. The van der Waals surface area contributed by atoms with Crippen molar-refractivity contribution in [1.29, 1.82) is 0 Å². The molecule has 6 nitrogen and oxygen atoms in total. The van der Waals surface area contributed by atoms with Crippen LogP contribution in [0.3, 0.4) is 0 Å². The second kappa shape index (κ2) is 8.55. The van der Waals surface area contributed by atoms with Crippen molar-refractivity contribution in [2.45, 2.75) is 62.0 Å². The lowest BCUT2D eigenvalue weighted by Gasteiger charge is -2.34. The largest absolute Gasteiger partial charge is 0.297 e. The van der Waals surface area contributed by atoms with Gasteiger partial charge in [-0.25, -0.2) is 0 Å². The van der Waals surface area contributed by atoms with Crippen molar-refractivity contribution in [2.24, 2.45) is 5.92 Å². The van der Waals surface area contributed by atoms with E-state index in [4.69, 9.17) is 8.37 Å². The highest BCUT2D eigenvalue weighted by Crippen LogP contribution is 2.33. The molecule has 0 amide bonds. The van der Waals surface area contributed by atoms with Crippen molar-refractivity contribution >= 4 is 20.2 Å². The monoisotopic (exact) mass is 438 g/mol. The highest BCUT2D eigenvalue weighted by atomic mass is 32.2. The van der Waals surface area contributed by atoms with Gasteiger partial charge in [-0.05, 0) is 56.9 Å². The van der Waals surface area contributed by atoms with Crippen molar-refractivity contribution in [2.75, 3.05) is 0 Å². The maximum atomic E-state index is 12.7. The molecular weight excluding hydrogens is 412 g/mol. The first-order chi connectivity index (χ1) is 13.6. The predicted molar refractivity (Wildman–Crippen MR) is 109 cm³/mol. The molecule has 29 heavy (non-hydrogen) atoms. The average molecular weight is 439 g/mol. The fourth-order valence-electron chi connectivity index (χ4n) is 3.43. The summed E-state index contributed by atoms with van der Waals surface area (Å²) in [5.41, 5.74) is 1.86. The molecule has 1 fully saturated rings. The molecule has 8 heteroatoms. The van der Waals surface area contributed by atoms with Gasteiger partial charge >= 0.3 is 0 Å². The maximum absolute atomic E-state index is 12.7. The van der Waals surface area contributed by atoms with Crippen molar-refractivity contribution in [3.8, 4) is 0 Å². The van der Waals surface area contributed by atoms with Crippen LogP contribution in [0.2, 0.25) is 0 Å². The maximum Gasteiger partial charge on any atom is 0.297 e. The van der Waals surface area contributed by atoms with Crippen LogP contribution in [0.1, 0.15) is 37.3 Å². The van der Waals surface area contributed by atoms with Gasteiger partial charge in [-0.1, -0.05) is 48.7 Å². The molecule has 0 aliphatic heterocycles. The van der Waals surface area contributed by atoms with E-state index in [-0.39, 0.29) is 15.7 Å². The van der Waals surface area contributed by atoms with E-state index in [9.17, 15) is 16.8 Å². The lowest BCUT2D eigenvalue weighted by Crippen LogP contribution is -2.42. The SMILES string of the molecule is Cc1ccc(S(=O)(=O)OC2CCCC(C)C2OS(=O)(=O)c2ccc(C)cc2)cc1. The van der Waals surface area contributed by atoms with Crippen LogP contribution in [0.4, 0.5) is 0 Å². The first-order valence-electron chi connectivity index (χ1n) is 9.58. The van der Waals surface area contributed by atoms with Crippen molar-refractivity contribution in [3.05, 3.63) is 59.7 Å². The fraction of sp³-hybridized carbons (Fsp3) is 0.429. The molecule has 0 bridgehead atoms. The van der Waals surface area contributed by atoms with Crippen LogP contribution in [-0.4, -0.2) is 29.0 Å². The summed E-state index contributed by atoms with van der Waals surface area (Å²) in [6.07, 6.45) is 0.127. The molecule has 0 saturated heterocycles. The Balaban J connectivity index is 1.84. The number of aryl methyl sites for hydroxylation is 2. The number of rotatable bonds is 6. The molecule has 158 valence electrons. The van der Waals surface area contributed by atoms with E-state index < -0.39 is 32.4 Å². The van der Waals surface area contributed by atoms with Crippen LogP contribution in [0, 0.1) is 19.8 Å². The van der Waals surface area contributed by atoms with Gasteiger partial charge in [0.2, 0.25) is 0 Å². The number of hydrogen-bond donors (Lipinski definition) is 0. The molecule has 2 aromatic rings. The van der Waals surface area contributed by atoms with Crippen molar-refractivity contribution in [1.82, 2.24) is 0 Å². The summed E-state index contributed by atoms with van der Waals surface area (Å²) in [6.45, 7) is 5.57. The third kappa shape index (κ3) is 5.25. The van der Waals surface area contributed by atoms with Gasteiger partial charge in [-0.3, -0.25) is 8.37 Å². The van der Waals surface area contributed by atoms with E-state index in [0.29, 0.717) is 6.42 Å². The second-order valence-electron chi connectivity index (χ2n) is 7.64. The van der Waals surface area contributed by atoms with E-state index in [1.54, 1.807) is 24.3 Å². The van der Waals surface area contributed by atoms with Gasteiger partial charge in [0.1, 0.15) is 12.2 Å². The lowest BCUT2D eigenvalue weighted by atomic mass is 9.86. The van der Waals surface area contributed by atoms with Crippen LogP contribution in [-0.2, 0) is 28.6 Å². The summed E-state index contributed by atoms with van der Waals surface area (Å²) in [7, 11) is -8.08. The van der Waals surface area contributed by atoms with Crippen LogP contribution in [0.15, 0.2) is 58.3 Å². The molecule has 0 heterocycles. The zero-order valence-corrected chi connectivity index (χ0v) is 18.4. The van der Waals surface area contributed by atoms with Crippen molar-refractivity contribution < 1.29 is 25.2 Å². The smallest absolute Gasteiger partial charge is 0.260 e. The number of hydrogen-bond acceptors (Lipinski definition) is 6. The molecule has 3 atom stereocenters. The Bertz CT molecular complexity index is 1040. The van der Waals surface area contributed by atoms with Gasteiger partial charge in [0.15, 0.2) is 0 Å². The molecule has 0 aromatic heterocycles. The summed E-state index contributed by atoms with van der Waals surface area (Å²) in [6, 6.07) is 12.7.